The molecule has 0 saturated heterocycles. The minimum absolute atomic E-state index is 0.0576. The van der Waals surface area contributed by atoms with Crippen LogP contribution in [0.3, 0.4) is 0 Å². The third-order valence-corrected chi connectivity index (χ3v) is 3.16. The van der Waals surface area contributed by atoms with Crippen molar-refractivity contribution in [1.82, 2.24) is 0 Å². The van der Waals surface area contributed by atoms with Crippen molar-refractivity contribution < 1.29 is 19.5 Å². The lowest BCUT2D eigenvalue weighted by atomic mass is 9.95. The Morgan fingerprint density at radius 2 is 1.95 bits per heavy atom. The number of rotatable bonds is 1. The van der Waals surface area contributed by atoms with E-state index in [1.165, 1.54) is 30.0 Å². The molecule has 2 rings (SSSR count). The molecule has 1 aromatic rings. The van der Waals surface area contributed by atoms with Crippen molar-refractivity contribution in [3.63, 3.8) is 0 Å². The zero-order chi connectivity index (χ0) is 14.4. The first-order chi connectivity index (χ1) is 8.75. The molecule has 1 aliphatic heterocycles. The van der Waals surface area contributed by atoms with Gasteiger partial charge in [0, 0.05) is 6.92 Å². The van der Waals surface area contributed by atoms with E-state index >= 15 is 0 Å². The molecule has 0 spiro atoms. The van der Waals surface area contributed by atoms with Crippen LogP contribution in [0.15, 0.2) is 18.2 Å². The standard InChI is InChI=1S/C13H14N2O4/c1-7(16)15-10-5-4-8(11(17)18)6-9(10)14-12(19)13(15,2)3/h4-6H,1-3H3,(H,14,19)(H,17,18). The summed E-state index contributed by atoms with van der Waals surface area (Å²) < 4.78 is 0. The quantitative estimate of drug-likeness (QED) is 0.802. The van der Waals surface area contributed by atoms with E-state index in [2.05, 4.69) is 5.32 Å². The van der Waals surface area contributed by atoms with Crippen LogP contribution in [0, 0.1) is 0 Å². The summed E-state index contributed by atoms with van der Waals surface area (Å²) >= 11 is 0. The number of benzene rings is 1. The molecule has 0 aromatic heterocycles. The molecule has 2 amide bonds. The maximum Gasteiger partial charge on any atom is 0.335 e. The highest BCUT2D eigenvalue weighted by Crippen LogP contribution is 2.37. The fraction of sp³-hybridized carbons (Fsp3) is 0.308. The number of hydrogen-bond donors (Lipinski definition) is 2. The first kappa shape index (κ1) is 13.1. The average Bonchev–Trinajstić information content (AvgIpc) is 2.28. The van der Waals surface area contributed by atoms with Gasteiger partial charge in [-0.05, 0) is 32.0 Å². The number of aromatic carboxylic acids is 1. The van der Waals surface area contributed by atoms with Crippen LogP contribution < -0.4 is 10.2 Å². The molecule has 6 heteroatoms. The van der Waals surface area contributed by atoms with Gasteiger partial charge in [0.15, 0.2) is 0 Å². The van der Waals surface area contributed by atoms with Crippen LogP contribution in [0.5, 0.6) is 0 Å². The van der Waals surface area contributed by atoms with Crippen LogP contribution in [0.4, 0.5) is 11.4 Å². The first-order valence-electron chi connectivity index (χ1n) is 5.74. The molecule has 1 heterocycles. The average molecular weight is 262 g/mol. The van der Waals surface area contributed by atoms with Crippen LogP contribution in [0.25, 0.3) is 0 Å². The Bertz CT molecular complexity index is 592. The third kappa shape index (κ3) is 1.95. The lowest BCUT2D eigenvalue weighted by molar-refractivity contribution is -0.125. The number of nitrogens with zero attached hydrogens (tertiary/aromatic N) is 1. The molecule has 0 radical (unpaired) electrons. The molecule has 1 aromatic carbocycles. The summed E-state index contributed by atoms with van der Waals surface area (Å²) in [7, 11) is 0. The highest BCUT2D eigenvalue weighted by Gasteiger charge is 2.42. The number of carboxylic acids is 1. The zero-order valence-corrected chi connectivity index (χ0v) is 10.9. The fourth-order valence-electron chi connectivity index (χ4n) is 2.21. The van der Waals surface area contributed by atoms with Gasteiger partial charge in [-0.15, -0.1) is 0 Å². The van der Waals surface area contributed by atoms with Crippen LogP contribution in [-0.4, -0.2) is 28.4 Å². The molecule has 0 saturated carbocycles. The van der Waals surface area contributed by atoms with Gasteiger partial charge in [0.1, 0.15) is 5.54 Å². The Kier molecular flexibility index (Phi) is 2.81. The zero-order valence-electron chi connectivity index (χ0n) is 10.9. The Hall–Kier alpha value is -2.37. The van der Waals surface area contributed by atoms with E-state index in [0.29, 0.717) is 11.4 Å². The van der Waals surface area contributed by atoms with Gasteiger partial charge in [-0.1, -0.05) is 0 Å². The van der Waals surface area contributed by atoms with Crippen LogP contribution in [0.2, 0.25) is 0 Å². The van der Waals surface area contributed by atoms with Gasteiger partial charge in [-0.25, -0.2) is 4.79 Å². The molecule has 100 valence electrons. The van der Waals surface area contributed by atoms with Gasteiger partial charge in [-0.3, -0.25) is 14.5 Å². The smallest absolute Gasteiger partial charge is 0.335 e. The van der Waals surface area contributed by atoms with Gasteiger partial charge in [-0.2, -0.15) is 0 Å². The normalized spacial score (nSPS) is 16.6. The van der Waals surface area contributed by atoms with Gasteiger partial charge in [0.2, 0.25) is 11.8 Å². The number of anilines is 2. The molecule has 0 fully saturated rings. The predicted octanol–water partition coefficient (Wildman–Crippen LogP) is 1.47. The number of fused-ring (bicyclic) bond motifs is 1. The summed E-state index contributed by atoms with van der Waals surface area (Å²) in [5, 5.41) is 11.6. The summed E-state index contributed by atoms with van der Waals surface area (Å²) in [6.07, 6.45) is 0. The number of carbonyl (C=O) groups excluding carboxylic acids is 2. The van der Waals surface area contributed by atoms with Crippen LogP contribution >= 0.6 is 0 Å². The monoisotopic (exact) mass is 262 g/mol. The molecule has 0 bridgehead atoms. The second-order valence-electron chi connectivity index (χ2n) is 4.90. The summed E-state index contributed by atoms with van der Waals surface area (Å²) in [5.41, 5.74) is -0.118. The molecule has 2 N–H and O–H groups in total. The van der Waals surface area contributed by atoms with E-state index < -0.39 is 11.5 Å². The summed E-state index contributed by atoms with van der Waals surface area (Å²) in [6.45, 7) is 4.64. The number of hydrogen-bond acceptors (Lipinski definition) is 3. The topological polar surface area (TPSA) is 86.7 Å². The maximum atomic E-state index is 12.0. The number of amides is 2. The van der Waals surface area contributed by atoms with E-state index in [9.17, 15) is 14.4 Å². The van der Waals surface area contributed by atoms with Gasteiger partial charge in [0.05, 0.1) is 16.9 Å². The minimum Gasteiger partial charge on any atom is -0.478 e. The van der Waals surface area contributed by atoms with Crippen molar-refractivity contribution in [1.29, 1.82) is 0 Å². The molecular formula is C13H14N2O4. The Balaban J connectivity index is 2.62. The minimum atomic E-state index is -1.09. The largest absolute Gasteiger partial charge is 0.478 e. The molecule has 6 nitrogen and oxygen atoms in total. The Morgan fingerprint density at radius 1 is 1.32 bits per heavy atom. The highest BCUT2D eigenvalue weighted by molar-refractivity contribution is 6.14. The predicted molar refractivity (Wildman–Crippen MR) is 69.3 cm³/mol. The second kappa shape index (κ2) is 4.08. The molecule has 0 aliphatic carbocycles. The SMILES string of the molecule is CC(=O)N1c2ccc(C(=O)O)cc2NC(=O)C1(C)C. The maximum absolute atomic E-state index is 12.0. The van der Waals surface area contributed by atoms with Gasteiger partial charge >= 0.3 is 5.97 Å². The Morgan fingerprint density at radius 3 is 2.47 bits per heavy atom. The van der Waals surface area contributed by atoms with E-state index in [-0.39, 0.29) is 17.4 Å². The van der Waals surface area contributed by atoms with Crippen molar-refractivity contribution >= 4 is 29.2 Å². The second-order valence-corrected chi connectivity index (χ2v) is 4.90. The lowest BCUT2D eigenvalue weighted by Crippen LogP contribution is -2.57. The third-order valence-electron chi connectivity index (χ3n) is 3.16. The number of carbonyl (C=O) groups is 3. The summed E-state index contributed by atoms with van der Waals surface area (Å²) in [5.74, 6) is -1.71. The van der Waals surface area contributed by atoms with Gasteiger partial charge < -0.3 is 10.4 Å². The van der Waals surface area contributed by atoms with Crippen molar-refractivity contribution in [2.45, 2.75) is 26.3 Å². The molecule has 1 aliphatic rings. The number of nitrogens with one attached hydrogen (secondary N) is 1. The first-order valence-corrected chi connectivity index (χ1v) is 5.74. The van der Waals surface area contributed by atoms with Crippen molar-refractivity contribution in [3.8, 4) is 0 Å². The Labute approximate surface area is 110 Å². The van der Waals surface area contributed by atoms with Gasteiger partial charge in [0.25, 0.3) is 0 Å². The summed E-state index contributed by atoms with van der Waals surface area (Å²) in [6, 6.07) is 4.28. The van der Waals surface area contributed by atoms with Crippen LogP contribution in [-0.2, 0) is 9.59 Å². The van der Waals surface area contributed by atoms with E-state index in [0.717, 1.165) is 0 Å². The van der Waals surface area contributed by atoms with E-state index in [1.807, 2.05) is 0 Å². The van der Waals surface area contributed by atoms with Crippen LogP contribution in [0.1, 0.15) is 31.1 Å². The number of carboxylic acid groups (broad SMARTS) is 1. The fourth-order valence-corrected chi connectivity index (χ4v) is 2.21. The van der Waals surface area contributed by atoms with E-state index in [1.54, 1.807) is 13.8 Å². The van der Waals surface area contributed by atoms with Crippen molar-refractivity contribution in [2.75, 3.05) is 10.2 Å². The van der Waals surface area contributed by atoms with E-state index in [4.69, 9.17) is 5.11 Å². The summed E-state index contributed by atoms with van der Waals surface area (Å²) in [4.78, 5) is 36.1. The molecular weight excluding hydrogens is 248 g/mol. The van der Waals surface area contributed by atoms with Crippen molar-refractivity contribution in [2.24, 2.45) is 0 Å². The molecule has 0 unspecified atom stereocenters. The lowest BCUT2D eigenvalue weighted by Gasteiger charge is -2.41. The van der Waals surface area contributed by atoms with Crippen molar-refractivity contribution in [3.05, 3.63) is 23.8 Å². The molecule has 0 atom stereocenters. The molecule has 19 heavy (non-hydrogen) atoms. The highest BCUT2D eigenvalue weighted by atomic mass is 16.4.